The molecule has 0 radical (unpaired) electrons. The summed E-state index contributed by atoms with van der Waals surface area (Å²) in [5.41, 5.74) is -3.71. The van der Waals surface area contributed by atoms with E-state index in [1.807, 2.05) is 18.2 Å². The molecule has 7 bridgehead atoms. The lowest BCUT2D eigenvalue weighted by atomic mass is 9.41. The van der Waals surface area contributed by atoms with Gasteiger partial charge in [0.15, 0.2) is 5.60 Å². The number of rotatable bonds is 6. The van der Waals surface area contributed by atoms with E-state index in [0.29, 0.717) is 18.4 Å². The number of hydrogen-bond acceptors (Lipinski definition) is 9. The Morgan fingerprint density at radius 2 is 1.85 bits per heavy atom. The molecule has 9 nitrogen and oxygen atoms in total. The summed E-state index contributed by atoms with van der Waals surface area (Å²) in [5, 5.41) is 13.6. The summed E-state index contributed by atoms with van der Waals surface area (Å²) in [4.78, 5) is 16.5. The molecule has 7 fully saturated rings. The molecule has 5 aliphatic carbocycles. The van der Waals surface area contributed by atoms with Crippen LogP contribution < -0.4 is 0 Å². The second-order valence-electron chi connectivity index (χ2n) is 14.0. The SMILES string of the molecule is CCN1C[C@]2(C)CC[C@H](OC)[C@@]34C1C1(OCOC15C[C@H](OC)C1C[C@]3(O)[C@@H]5[C@H]1OC)[C@H](OC(=O)c1ccccc1)[C@H]24. The fourth-order valence-corrected chi connectivity index (χ4v) is 12.3. The molecule has 1 aromatic rings. The van der Waals surface area contributed by atoms with Gasteiger partial charge in [-0.2, -0.15) is 0 Å². The van der Waals surface area contributed by atoms with Gasteiger partial charge < -0.3 is 33.5 Å². The summed E-state index contributed by atoms with van der Waals surface area (Å²) in [7, 11) is 5.24. The summed E-state index contributed by atoms with van der Waals surface area (Å²) >= 11 is 0. The van der Waals surface area contributed by atoms with Crippen molar-refractivity contribution < 1.29 is 38.3 Å². The number of hydrogen-bond donors (Lipinski definition) is 1. The molecule has 4 unspecified atom stereocenters. The van der Waals surface area contributed by atoms with Crippen molar-refractivity contribution in [2.75, 3.05) is 41.2 Å². The van der Waals surface area contributed by atoms with Crippen molar-refractivity contribution >= 4 is 5.97 Å². The number of methoxy groups -OCH3 is 3. The largest absolute Gasteiger partial charge is 0.455 e. The fraction of sp³-hybridized carbons (Fsp3) is 0.781. The Morgan fingerprint density at radius 1 is 1.07 bits per heavy atom. The molecule has 41 heavy (non-hydrogen) atoms. The van der Waals surface area contributed by atoms with Gasteiger partial charge in [0.25, 0.3) is 0 Å². The monoisotopic (exact) mass is 569 g/mol. The molecule has 7 aliphatic rings. The molecular formula is C32H43NO8. The number of nitrogens with zero attached hydrogens (tertiary/aromatic N) is 1. The number of carbonyl (C=O) groups is 1. The lowest BCUT2D eigenvalue weighted by Crippen LogP contribution is -2.85. The molecule has 3 spiro atoms. The van der Waals surface area contributed by atoms with Gasteiger partial charge in [0.05, 0.1) is 40.9 Å². The fourth-order valence-electron chi connectivity index (χ4n) is 12.3. The van der Waals surface area contributed by atoms with Crippen LogP contribution in [0.2, 0.25) is 0 Å². The predicted molar refractivity (Wildman–Crippen MR) is 146 cm³/mol. The van der Waals surface area contributed by atoms with Gasteiger partial charge in [0.1, 0.15) is 18.5 Å². The Kier molecular flexibility index (Phi) is 5.61. The standard InChI is InChI=1S/C32H43NO8/c1-6-33-16-28(2)13-12-21(37-4)31-24(28)25(41-26(34)18-10-8-7-9-11-18)32(27(31)33)30(39-17-40-32)15-20(36-3)19-14-29(31,35)23(30)22(19)38-5/h7-11,19-25,27,35H,6,12-17H2,1-5H3/t19?,20-,21-,22-,23-,24+,25+,27?,28-,29-,30?,31+,32?/m0/s1. The molecule has 2 saturated heterocycles. The van der Waals surface area contributed by atoms with Crippen LogP contribution in [0, 0.1) is 28.6 Å². The van der Waals surface area contributed by atoms with E-state index in [-0.39, 0.29) is 60.3 Å². The van der Waals surface area contributed by atoms with Gasteiger partial charge in [-0.25, -0.2) is 4.79 Å². The number of fused-ring (bicyclic) bond motifs is 1. The quantitative estimate of drug-likeness (QED) is 0.519. The Labute approximate surface area is 241 Å². The highest BCUT2D eigenvalue weighted by Crippen LogP contribution is 2.83. The van der Waals surface area contributed by atoms with E-state index in [4.69, 9.17) is 28.4 Å². The maximum absolute atomic E-state index is 14.0. The lowest BCUT2D eigenvalue weighted by molar-refractivity contribution is -0.332. The van der Waals surface area contributed by atoms with Gasteiger partial charge in [0.2, 0.25) is 0 Å². The van der Waals surface area contributed by atoms with E-state index in [1.165, 1.54) is 0 Å². The highest BCUT2D eigenvalue weighted by molar-refractivity contribution is 5.89. The summed E-state index contributed by atoms with van der Waals surface area (Å²) in [6.45, 7) is 6.18. The van der Waals surface area contributed by atoms with Crippen LogP contribution in [0.15, 0.2) is 30.3 Å². The minimum absolute atomic E-state index is 0.00686. The third-order valence-corrected chi connectivity index (χ3v) is 13.1. The summed E-state index contributed by atoms with van der Waals surface area (Å²) in [6.07, 6.45) is 1.42. The van der Waals surface area contributed by atoms with Crippen LogP contribution in [0.3, 0.4) is 0 Å². The Bertz CT molecular complexity index is 1250. The average molecular weight is 570 g/mol. The van der Waals surface area contributed by atoms with Crippen LogP contribution in [-0.4, -0.2) is 104 Å². The molecule has 13 atom stereocenters. The van der Waals surface area contributed by atoms with Crippen LogP contribution in [0.1, 0.15) is 49.9 Å². The molecule has 8 rings (SSSR count). The molecule has 0 aromatic heterocycles. The van der Waals surface area contributed by atoms with Crippen LogP contribution in [0.25, 0.3) is 0 Å². The Balaban J connectivity index is 1.44. The summed E-state index contributed by atoms with van der Waals surface area (Å²) in [6, 6.07) is 8.92. The van der Waals surface area contributed by atoms with E-state index in [2.05, 4.69) is 18.7 Å². The molecule has 2 aliphatic heterocycles. The molecule has 2 heterocycles. The number of esters is 1. The predicted octanol–water partition coefficient (Wildman–Crippen LogP) is 2.64. The minimum Gasteiger partial charge on any atom is -0.455 e. The second kappa shape index (κ2) is 8.52. The first kappa shape index (κ1) is 27.0. The van der Waals surface area contributed by atoms with Gasteiger partial charge >= 0.3 is 5.97 Å². The smallest absolute Gasteiger partial charge is 0.338 e. The number of piperidine rings is 1. The first-order chi connectivity index (χ1) is 19.7. The highest BCUT2D eigenvalue weighted by atomic mass is 16.7. The third kappa shape index (κ3) is 2.70. The number of likely N-dealkylation sites (tertiary alicyclic amines) is 1. The molecule has 1 N–H and O–H groups in total. The highest BCUT2D eigenvalue weighted by Gasteiger charge is 2.97. The maximum Gasteiger partial charge on any atom is 0.338 e. The number of ether oxygens (including phenoxy) is 6. The number of carbonyl (C=O) groups excluding carboxylic acids is 1. The van der Waals surface area contributed by atoms with Crippen molar-refractivity contribution in [3.05, 3.63) is 35.9 Å². The van der Waals surface area contributed by atoms with E-state index >= 15 is 0 Å². The molecule has 9 heteroatoms. The Morgan fingerprint density at radius 3 is 2.54 bits per heavy atom. The van der Waals surface area contributed by atoms with E-state index in [0.717, 1.165) is 25.9 Å². The van der Waals surface area contributed by atoms with E-state index in [9.17, 15) is 9.90 Å². The first-order valence-electron chi connectivity index (χ1n) is 15.3. The average Bonchev–Trinajstić information content (AvgIpc) is 3.54. The van der Waals surface area contributed by atoms with Gasteiger partial charge in [0, 0.05) is 52.0 Å². The minimum atomic E-state index is -1.21. The van der Waals surface area contributed by atoms with Crippen molar-refractivity contribution in [2.45, 2.75) is 86.8 Å². The van der Waals surface area contributed by atoms with Crippen molar-refractivity contribution in [3.8, 4) is 0 Å². The second-order valence-corrected chi connectivity index (χ2v) is 14.0. The van der Waals surface area contributed by atoms with E-state index < -0.39 is 28.3 Å². The molecule has 5 saturated carbocycles. The van der Waals surface area contributed by atoms with Crippen LogP contribution in [-0.2, 0) is 28.4 Å². The maximum atomic E-state index is 14.0. The first-order valence-corrected chi connectivity index (χ1v) is 15.3. The lowest BCUT2D eigenvalue weighted by Gasteiger charge is -2.71. The van der Waals surface area contributed by atoms with Crippen LogP contribution in [0.5, 0.6) is 0 Å². The van der Waals surface area contributed by atoms with Crippen molar-refractivity contribution in [2.24, 2.45) is 28.6 Å². The van der Waals surface area contributed by atoms with Crippen LogP contribution in [0.4, 0.5) is 0 Å². The summed E-state index contributed by atoms with van der Waals surface area (Å²) < 4.78 is 39.5. The topological polar surface area (TPSA) is 95.9 Å². The molecule has 0 amide bonds. The zero-order valence-electron chi connectivity index (χ0n) is 24.7. The number of likely N-dealkylation sites (N-methyl/N-ethyl adjacent to an activating group) is 1. The number of benzene rings is 1. The van der Waals surface area contributed by atoms with Crippen molar-refractivity contribution in [1.29, 1.82) is 0 Å². The third-order valence-electron chi connectivity index (χ3n) is 13.1. The van der Waals surface area contributed by atoms with Gasteiger partial charge in [-0.3, -0.25) is 4.90 Å². The molecule has 224 valence electrons. The molecule has 1 aromatic carbocycles. The Hall–Kier alpha value is -1.59. The van der Waals surface area contributed by atoms with Gasteiger partial charge in [-0.1, -0.05) is 32.0 Å². The normalized spacial score (nSPS) is 54.2. The summed E-state index contributed by atoms with van der Waals surface area (Å²) in [5.74, 6) is -0.941. The zero-order chi connectivity index (χ0) is 28.6. The zero-order valence-corrected chi connectivity index (χ0v) is 24.7. The van der Waals surface area contributed by atoms with Gasteiger partial charge in [-0.15, -0.1) is 0 Å². The van der Waals surface area contributed by atoms with Crippen molar-refractivity contribution in [1.82, 2.24) is 4.90 Å². The van der Waals surface area contributed by atoms with Crippen LogP contribution >= 0.6 is 0 Å². The van der Waals surface area contributed by atoms with Gasteiger partial charge in [-0.05, 0) is 43.4 Å². The number of aliphatic hydroxyl groups is 1. The van der Waals surface area contributed by atoms with E-state index in [1.54, 1.807) is 33.5 Å². The molecular weight excluding hydrogens is 526 g/mol. The van der Waals surface area contributed by atoms with Crippen molar-refractivity contribution in [3.63, 3.8) is 0 Å².